The third kappa shape index (κ3) is 3.36. The lowest BCUT2D eigenvalue weighted by atomic mass is 10.2. The lowest BCUT2D eigenvalue weighted by molar-refractivity contribution is 0.318. The highest BCUT2D eigenvalue weighted by molar-refractivity contribution is 9.10. The van der Waals surface area contributed by atoms with Crippen molar-refractivity contribution in [3.63, 3.8) is 0 Å². The van der Waals surface area contributed by atoms with E-state index < -0.39 is 15.3 Å². The van der Waals surface area contributed by atoms with Crippen molar-refractivity contribution in [3.8, 4) is 0 Å². The van der Waals surface area contributed by atoms with Crippen LogP contribution in [0.5, 0.6) is 0 Å². The van der Waals surface area contributed by atoms with Crippen LogP contribution in [0.3, 0.4) is 0 Å². The zero-order valence-electron chi connectivity index (χ0n) is 9.88. The number of nitrogens with zero attached hydrogens (tertiary/aromatic N) is 1. The maximum atomic E-state index is 11.8. The van der Waals surface area contributed by atoms with Crippen LogP contribution in [0.25, 0.3) is 0 Å². The van der Waals surface area contributed by atoms with Crippen LogP contribution < -0.4 is 10.5 Å². The summed E-state index contributed by atoms with van der Waals surface area (Å²) < 4.78 is 26.7. The van der Waals surface area contributed by atoms with Crippen LogP contribution in [-0.2, 0) is 10.0 Å². The van der Waals surface area contributed by atoms with E-state index in [1.54, 1.807) is 32.0 Å². The quantitative estimate of drug-likeness (QED) is 0.337. The molecule has 0 atom stereocenters. The number of nitrogens with two attached hydrogens (primary N) is 1. The Morgan fingerprint density at radius 3 is 2.61 bits per heavy atom. The first-order valence-corrected chi connectivity index (χ1v) is 7.41. The number of amidine groups is 1. The number of oxime groups is 1. The van der Waals surface area contributed by atoms with Crippen molar-refractivity contribution in [2.24, 2.45) is 10.9 Å². The third-order valence-corrected chi connectivity index (χ3v) is 4.48. The molecule has 0 aromatic heterocycles. The Morgan fingerprint density at radius 2 is 2.11 bits per heavy atom. The summed E-state index contributed by atoms with van der Waals surface area (Å²) in [7, 11) is -3.50. The van der Waals surface area contributed by atoms with Gasteiger partial charge in [-0.05, 0) is 32.0 Å². The van der Waals surface area contributed by atoms with Crippen molar-refractivity contribution in [3.05, 3.63) is 28.2 Å². The average Bonchev–Trinajstić information content (AvgIpc) is 2.27. The lowest BCUT2D eigenvalue weighted by Crippen LogP contribution is -2.25. The standard InChI is InChI=1S/C10H14BrN3O3S/c1-6(2)18(16,17)14-9-5-7(11)3-4-8(9)10(12)13-15/h3-6,14-15H,1-2H3,(H2,12,13). The molecule has 0 amide bonds. The predicted octanol–water partition coefficient (Wildman–Crippen LogP) is 1.69. The molecule has 0 unspecified atom stereocenters. The van der Waals surface area contributed by atoms with Gasteiger partial charge in [-0.1, -0.05) is 21.1 Å². The predicted molar refractivity (Wildman–Crippen MR) is 74.3 cm³/mol. The van der Waals surface area contributed by atoms with E-state index in [2.05, 4.69) is 25.8 Å². The molecule has 0 aliphatic heterocycles. The van der Waals surface area contributed by atoms with Crippen LogP contribution in [0, 0.1) is 0 Å². The van der Waals surface area contributed by atoms with Gasteiger partial charge in [-0.25, -0.2) is 8.42 Å². The van der Waals surface area contributed by atoms with E-state index in [9.17, 15) is 8.42 Å². The van der Waals surface area contributed by atoms with Crippen molar-refractivity contribution < 1.29 is 13.6 Å². The summed E-state index contributed by atoms with van der Waals surface area (Å²) >= 11 is 3.23. The van der Waals surface area contributed by atoms with E-state index in [1.165, 1.54) is 0 Å². The summed E-state index contributed by atoms with van der Waals surface area (Å²) in [6.45, 7) is 3.12. The first-order valence-electron chi connectivity index (χ1n) is 5.07. The average molecular weight is 336 g/mol. The Hall–Kier alpha value is -1.28. The highest BCUT2D eigenvalue weighted by atomic mass is 79.9. The number of benzene rings is 1. The Balaban J connectivity index is 3.27. The minimum Gasteiger partial charge on any atom is -0.409 e. The molecular weight excluding hydrogens is 322 g/mol. The summed E-state index contributed by atoms with van der Waals surface area (Å²) in [5.74, 6) is -0.163. The van der Waals surface area contributed by atoms with Crippen molar-refractivity contribution >= 4 is 37.5 Å². The smallest absolute Gasteiger partial charge is 0.235 e. The maximum Gasteiger partial charge on any atom is 0.235 e. The summed E-state index contributed by atoms with van der Waals surface area (Å²) in [6.07, 6.45) is 0. The normalized spacial score (nSPS) is 12.8. The SMILES string of the molecule is CC(C)S(=O)(=O)Nc1cc(Br)ccc1/C(N)=N/O. The summed E-state index contributed by atoms with van der Waals surface area (Å²) in [5.41, 5.74) is 6.06. The molecule has 0 fully saturated rings. The molecule has 0 heterocycles. The Kier molecular flexibility index (Phi) is 4.58. The molecule has 1 rings (SSSR count). The van der Waals surface area contributed by atoms with E-state index in [0.29, 0.717) is 10.0 Å². The second kappa shape index (κ2) is 5.57. The fourth-order valence-electron chi connectivity index (χ4n) is 1.15. The van der Waals surface area contributed by atoms with Gasteiger partial charge in [0.2, 0.25) is 10.0 Å². The van der Waals surface area contributed by atoms with Gasteiger partial charge in [-0.15, -0.1) is 0 Å². The van der Waals surface area contributed by atoms with E-state index in [1.807, 2.05) is 0 Å². The molecule has 18 heavy (non-hydrogen) atoms. The van der Waals surface area contributed by atoms with Crippen molar-refractivity contribution in [2.75, 3.05) is 4.72 Å². The second-order valence-electron chi connectivity index (χ2n) is 3.87. The van der Waals surface area contributed by atoms with Crippen LogP contribution in [0.15, 0.2) is 27.8 Å². The van der Waals surface area contributed by atoms with Crippen LogP contribution in [0.2, 0.25) is 0 Å². The van der Waals surface area contributed by atoms with Crippen molar-refractivity contribution in [1.82, 2.24) is 0 Å². The largest absolute Gasteiger partial charge is 0.409 e. The lowest BCUT2D eigenvalue weighted by Gasteiger charge is -2.14. The molecule has 4 N–H and O–H groups in total. The highest BCUT2D eigenvalue weighted by Crippen LogP contribution is 2.23. The van der Waals surface area contributed by atoms with Crippen LogP contribution in [-0.4, -0.2) is 24.7 Å². The number of sulfonamides is 1. The van der Waals surface area contributed by atoms with E-state index >= 15 is 0 Å². The molecular formula is C10H14BrN3O3S. The second-order valence-corrected chi connectivity index (χ2v) is 7.02. The minimum absolute atomic E-state index is 0.163. The third-order valence-electron chi connectivity index (χ3n) is 2.24. The molecule has 0 saturated carbocycles. The molecule has 100 valence electrons. The van der Waals surface area contributed by atoms with Crippen LogP contribution in [0.4, 0.5) is 5.69 Å². The van der Waals surface area contributed by atoms with E-state index in [-0.39, 0.29) is 11.5 Å². The van der Waals surface area contributed by atoms with E-state index in [0.717, 1.165) is 0 Å². The number of anilines is 1. The fourth-order valence-corrected chi connectivity index (χ4v) is 2.22. The van der Waals surface area contributed by atoms with Gasteiger partial charge in [0.05, 0.1) is 10.9 Å². The van der Waals surface area contributed by atoms with Crippen LogP contribution >= 0.6 is 15.9 Å². The summed E-state index contributed by atoms with van der Waals surface area (Å²) in [4.78, 5) is 0. The molecule has 0 saturated heterocycles. The Bertz CT molecular complexity index is 570. The zero-order valence-corrected chi connectivity index (χ0v) is 12.3. The number of nitrogens with one attached hydrogen (secondary N) is 1. The highest BCUT2D eigenvalue weighted by Gasteiger charge is 2.18. The molecule has 0 spiro atoms. The van der Waals surface area contributed by atoms with Crippen molar-refractivity contribution in [1.29, 1.82) is 0 Å². The van der Waals surface area contributed by atoms with Gasteiger partial charge in [0.25, 0.3) is 0 Å². The van der Waals surface area contributed by atoms with Gasteiger partial charge in [-0.2, -0.15) is 0 Å². The summed E-state index contributed by atoms with van der Waals surface area (Å²) in [6, 6.07) is 4.77. The van der Waals surface area contributed by atoms with Gasteiger partial charge in [0, 0.05) is 10.0 Å². The van der Waals surface area contributed by atoms with Gasteiger partial charge >= 0.3 is 0 Å². The Labute approximate surface area is 114 Å². The summed E-state index contributed by atoms with van der Waals surface area (Å²) in [5, 5.41) is 10.9. The van der Waals surface area contributed by atoms with Gasteiger partial charge in [0.1, 0.15) is 0 Å². The first-order chi connectivity index (χ1) is 8.27. The molecule has 0 bridgehead atoms. The molecule has 0 aliphatic carbocycles. The molecule has 0 aliphatic rings. The molecule has 6 nitrogen and oxygen atoms in total. The number of rotatable bonds is 4. The van der Waals surface area contributed by atoms with E-state index in [4.69, 9.17) is 10.9 Å². The van der Waals surface area contributed by atoms with Crippen LogP contribution in [0.1, 0.15) is 19.4 Å². The number of hydrogen-bond acceptors (Lipinski definition) is 4. The fraction of sp³-hybridized carbons (Fsp3) is 0.300. The minimum atomic E-state index is -3.50. The molecule has 8 heteroatoms. The molecule has 1 aromatic rings. The number of hydrogen-bond donors (Lipinski definition) is 3. The number of halogens is 1. The first kappa shape index (κ1) is 14.8. The monoisotopic (exact) mass is 335 g/mol. The van der Waals surface area contributed by atoms with Crippen molar-refractivity contribution in [2.45, 2.75) is 19.1 Å². The topological polar surface area (TPSA) is 105 Å². The maximum absolute atomic E-state index is 11.8. The zero-order chi connectivity index (χ0) is 13.9. The van der Waals surface area contributed by atoms with Gasteiger partial charge in [0.15, 0.2) is 5.84 Å². The Morgan fingerprint density at radius 1 is 1.50 bits per heavy atom. The molecule has 0 radical (unpaired) electrons. The van der Waals surface area contributed by atoms with Gasteiger partial charge < -0.3 is 10.9 Å². The molecule has 1 aromatic carbocycles. The van der Waals surface area contributed by atoms with Gasteiger partial charge in [-0.3, -0.25) is 4.72 Å².